The molecule has 38 heavy (non-hydrogen) atoms. The fraction of sp³-hybridized carbons (Fsp3) is 0.310. The van der Waals surface area contributed by atoms with Crippen LogP contribution in [0.5, 0.6) is 0 Å². The van der Waals surface area contributed by atoms with Crippen molar-refractivity contribution in [3.8, 4) is 0 Å². The molecule has 1 atom stereocenters. The number of nitrogens with zero attached hydrogens (tertiary/aromatic N) is 2. The predicted octanol–water partition coefficient (Wildman–Crippen LogP) is 4.70. The van der Waals surface area contributed by atoms with Gasteiger partial charge < -0.3 is 10.2 Å². The monoisotopic (exact) mass is 539 g/mol. The summed E-state index contributed by atoms with van der Waals surface area (Å²) in [6, 6.07) is 19.8. The van der Waals surface area contributed by atoms with E-state index in [4.69, 9.17) is 0 Å². The predicted molar refractivity (Wildman–Crippen MR) is 147 cm³/mol. The molecular weight excluding hydrogens is 505 g/mol. The highest BCUT2D eigenvalue weighted by atomic mass is 32.2. The van der Waals surface area contributed by atoms with Crippen LogP contribution in [0.3, 0.4) is 0 Å². The third-order valence-electron chi connectivity index (χ3n) is 6.27. The maximum absolute atomic E-state index is 14.5. The van der Waals surface area contributed by atoms with Crippen molar-refractivity contribution in [3.63, 3.8) is 0 Å². The summed E-state index contributed by atoms with van der Waals surface area (Å²) in [6.07, 6.45) is 0. The van der Waals surface area contributed by atoms with Crippen LogP contribution in [0.1, 0.15) is 44.7 Å². The number of carbonyl (C=O) groups is 2. The number of likely N-dealkylation sites (N-methyl/N-ethyl adjacent to an activating group) is 1. The first-order valence-electron chi connectivity index (χ1n) is 12.5. The second-order valence-electron chi connectivity index (χ2n) is 9.25. The maximum Gasteiger partial charge on any atom is 0.264 e. The van der Waals surface area contributed by atoms with Gasteiger partial charge in [0.1, 0.15) is 18.4 Å². The first-order valence-corrected chi connectivity index (χ1v) is 14.0. The molecule has 0 aliphatic rings. The van der Waals surface area contributed by atoms with Crippen molar-refractivity contribution in [1.29, 1.82) is 0 Å². The summed E-state index contributed by atoms with van der Waals surface area (Å²) < 4.78 is 43.0. The van der Waals surface area contributed by atoms with Crippen molar-refractivity contribution in [2.24, 2.45) is 0 Å². The van der Waals surface area contributed by atoms with Crippen LogP contribution >= 0.6 is 0 Å². The lowest BCUT2D eigenvalue weighted by atomic mass is 10.0. The van der Waals surface area contributed by atoms with E-state index in [2.05, 4.69) is 5.32 Å². The summed E-state index contributed by atoms with van der Waals surface area (Å²) in [6.45, 7) is 6.92. The van der Waals surface area contributed by atoms with Crippen molar-refractivity contribution in [1.82, 2.24) is 10.2 Å². The summed E-state index contributed by atoms with van der Waals surface area (Å²) in [7, 11) is -4.14. The Bertz CT molecular complexity index is 1350. The highest BCUT2D eigenvalue weighted by molar-refractivity contribution is 7.92. The fourth-order valence-electron chi connectivity index (χ4n) is 3.99. The number of amides is 2. The average Bonchev–Trinajstić information content (AvgIpc) is 2.91. The van der Waals surface area contributed by atoms with Crippen molar-refractivity contribution >= 4 is 27.5 Å². The van der Waals surface area contributed by atoms with E-state index < -0.39 is 40.2 Å². The minimum absolute atomic E-state index is 0.0261. The minimum atomic E-state index is -4.14. The molecule has 0 radical (unpaired) electrons. The molecule has 9 heteroatoms. The lowest BCUT2D eigenvalue weighted by Crippen LogP contribution is -2.51. The molecule has 0 saturated carbocycles. The Balaban J connectivity index is 2.04. The van der Waals surface area contributed by atoms with E-state index in [1.807, 2.05) is 26.0 Å². The molecule has 0 saturated heterocycles. The van der Waals surface area contributed by atoms with Gasteiger partial charge in [-0.1, -0.05) is 62.4 Å². The number of anilines is 1. The molecular formula is C29H34FN3O4S. The smallest absolute Gasteiger partial charge is 0.264 e. The number of halogens is 1. The Labute approximate surface area is 224 Å². The number of hydrogen-bond acceptors (Lipinski definition) is 4. The summed E-state index contributed by atoms with van der Waals surface area (Å²) >= 11 is 0. The van der Waals surface area contributed by atoms with Crippen LogP contribution in [-0.4, -0.2) is 44.3 Å². The zero-order chi connectivity index (χ0) is 27.9. The zero-order valence-electron chi connectivity index (χ0n) is 22.1. The van der Waals surface area contributed by atoms with Gasteiger partial charge in [0, 0.05) is 18.7 Å². The van der Waals surface area contributed by atoms with Crippen LogP contribution < -0.4 is 9.62 Å². The van der Waals surface area contributed by atoms with E-state index in [1.54, 1.807) is 43.3 Å². The Morgan fingerprint density at radius 1 is 0.895 bits per heavy atom. The fourth-order valence-corrected chi connectivity index (χ4v) is 5.42. The normalized spacial score (nSPS) is 12.2. The maximum atomic E-state index is 14.5. The van der Waals surface area contributed by atoms with E-state index >= 15 is 0 Å². The third-order valence-corrected chi connectivity index (χ3v) is 8.06. The molecule has 0 aromatic heterocycles. The minimum Gasteiger partial charge on any atom is -0.355 e. The summed E-state index contributed by atoms with van der Waals surface area (Å²) in [5.74, 6) is -1.35. The van der Waals surface area contributed by atoms with Gasteiger partial charge in [0.2, 0.25) is 11.8 Å². The van der Waals surface area contributed by atoms with Gasteiger partial charge in [-0.15, -0.1) is 0 Å². The quantitative estimate of drug-likeness (QED) is 0.383. The molecule has 3 aromatic carbocycles. The molecule has 2 amide bonds. The number of rotatable bonds is 11. The van der Waals surface area contributed by atoms with Gasteiger partial charge in [0.05, 0.1) is 10.6 Å². The first kappa shape index (κ1) is 28.8. The first-order chi connectivity index (χ1) is 18.1. The molecule has 0 aliphatic carbocycles. The molecule has 0 fully saturated rings. The SMILES string of the molecule is CCNC(=O)C(C)N(Cc1ccccc1F)C(=O)CN(c1ccc(C(C)C)cc1)S(=O)(=O)c1ccccc1. The molecule has 202 valence electrons. The topological polar surface area (TPSA) is 86.8 Å². The standard InChI is InChI=1S/C29H34FN3O4S/c1-5-31-29(35)22(4)32(19-24-11-9-10-14-27(24)30)28(34)20-33(25-17-15-23(16-18-25)21(2)3)38(36,37)26-12-7-6-8-13-26/h6-18,21-22H,5,19-20H2,1-4H3,(H,31,35). The van der Waals surface area contributed by atoms with Gasteiger partial charge in [-0.05, 0) is 55.7 Å². The van der Waals surface area contributed by atoms with Gasteiger partial charge >= 0.3 is 0 Å². The number of hydrogen-bond donors (Lipinski definition) is 1. The summed E-state index contributed by atoms with van der Waals surface area (Å²) in [5, 5.41) is 2.68. The highest BCUT2D eigenvalue weighted by Crippen LogP contribution is 2.26. The Morgan fingerprint density at radius 3 is 2.08 bits per heavy atom. The van der Waals surface area contributed by atoms with Gasteiger partial charge in [-0.25, -0.2) is 12.8 Å². The van der Waals surface area contributed by atoms with E-state index in [9.17, 15) is 22.4 Å². The molecule has 1 N–H and O–H groups in total. The van der Waals surface area contributed by atoms with E-state index in [1.165, 1.54) is 42.2 Å². The molecule has 3 aromatic rings. The van der Waals surface area contributed by atoms with Gasteiger partial charge in [0.25, 0.3) is 10.0 Å². The molecule has 7 nitrogen and oxygen atoms in total. The third kappa shape index (κ3) is 6.77. The largest absolute Gasteiger partial charge is 0.355 e. The van der Waals surface area contributed by atoms with Crippen LogP contribution in [0, 0.1) is 5.82 Å². The van der Waals surface area contributed by atoms with Crippen LogP contribution in [0.4, 0.5) is 10.1 Å². The van der Waals surface area contributed by atoms with Crippen LogP contribution in [0.15, 0.2) is 83.8 Å². The van der Waals surface area contributed by atoms with Crippen LogP contribution in [0.25, 0.3) is 0 Å². The number of nitrogens with one attached hydrogen (secondary N) is 1. The number of benzene rings is 3. The van der Waals surface area contributed by atoms with E-state index in [0.29, 0.717) is 12.2 Å². The molecule has 0 spiro atoms. The van der Waals surface area contributed by atoms with Gasteiger partial charge in [0.15, 0.2) is 0 Å². The summed E-state index contributed by atoms with van der Waals surface area (Å²) in [5.41, 5.74) is 1.54. The second kappa shape index (κ2) is 12.7. The summed E-state index contributed by atoms with van der Waals surface area (Å²) in [4.78, 5) is 27.7. The van der Waals surface area contributed by atoms with Crippen molar-refractivity contribution in [2.75, 3.05) is 17.4 Å². The van der Waals surface area contributed by atoms with E-state index in [0.717, 1.165) is 9.87 Å². The molecule has 0 heterocycles. The molecule has 0 aliphatic heterocycles. The number of carbonyl (C=O) groups excluding carboxylic acids is 2. The Hall–Kier alpha value is -3.72. The van der Waals surface area contributed by atoms with Crippen molar-refractivity contribution < 1.29 is 22.4 Å². The van der Waals surface area contributed by atoms with Gasteiger partial charge in [-0.2, -0.15) is 0 Å². The lowest BCUT2D eigenvalue weighted by Gasteiger charge is -2.32. The average molecular weight is 540 g/mol. The van der Waals surface area contributed by atoms with Crippen LogP contribution in [-0.2, 0) is 26.2 Å². The molecule has 0 bridgehead atoms. The molecule has 3 rings (SSSR count). The van der Waals surface area contributed by atoms with Gasteiger partial charge in [-0.3, -0.25) is 13.9 Å². The zero-order valence-corrected chi connectivity index (χ0v) is 22.9. The lowest BCUT2D eigenvalue weighted by molar-refractivity contribution is -0.139. The van der Waals surface area contributed by atoms with E-state index in [-0.39, 0.29) is 22.9 Å². The molecule has 1 unspecified atom stereocenters. The van der Waals surface area contributed by atoms with Crippen molar-refractivity contribution in [2.45, 2.75) is 51.1 Å². The van der Waals surface area contributed by atoms with Crippen LogP contribution in [0.2, 0.25) is 0 Å². The number of sulfonamides is 1. The highest BCUT2D eigenvalue weighted by Gasteiger charge is 2.32. The second-order valence-corrected chi connectivity index (χ2v) is 11.1. The Kier molecular flexibility index (Phi) is 9.63. The Morgan fingerprint density at radius 2 is 1.50 bits per heavy atom. The van der Waals surface area contributed by atoms with Crippen molar-refractivity contribution in [3.05, 3.63) is 95.8 Å².